The van der Waals surface area contributed by atoms with Crippen LogP contribution in [0.3, 0.4) is 0 Å². The van der Waals surface area contributed by atoms with Gasteiger partial charge >= 0.3 is 11.9 Å². The van der Waals surface area contributed by atoms with E-state index < -0.39 is 5.97 Å². The van der Waals surface area contributed by atoms with Crippen molar-refractivity contribution < 1.29 is 19.4 Å². The van der Waals surface area contributed by atoms with E-state index in [9.17, 15) is 9.59 Å². The molecule has 1 aromatic rings. The van der Waals surface area contributed by atoms with E-state index in [4.69, 9.17) is 5.11 Å². The predicted octanol–water partition coefficient (Wildman–Crippen LogP) is 1.96. The zero-order valence-electron chi connectivity index (χ0n) is 8.84. The van der Waals surface area contributed by atoms with Crippen molar-refractivity contribution in [3.63, 3.8) is 0 Å². The van der Waals surface area contributed by atoms with Crippen molar-refractivity contribution in [3.05, 3.63) is 41.5 Å². The zero-order valence-corrected chi connectivity index (χ0v) is 8.84. The molecule has 0 amide bonds. The van der Waals surface area contributed by atoms with Crippen LogP contribution < -0.4 is 0 Å². The molecule has 84 valence electrons. The number of esters is 1. The molecule has 0 saturated carbocycles. The summed E-state index contributed by atoms with van der Waals surface area (Å²) in [6, 6.07) is 6.72. The predicted molar refractivity (Wildman–Crippen MR) is 59.1 cm³/mol. The van der Waals surface area contributed by atoms with Crippen LogP contribution in [0.5, 0.6) is 0 Å². The monoisotopic (exact) mass is 220 g/mol. The minimum absolute atomic E-state index is 0.0151. The average molecular weight is 220 g/mol. The largest absolute Gasteiger partial charge is 0.481 e. The fourth-order valence-corrected chi connectivity index (χ4v) is 1.14. The highest BCUT2D eigenvalue weighted by atomic mass is 16.5. The molecule has 0 aromatic heterocycles. The van der Waals surface area contributed by atoms with Gasteiger partial charge in [-0.15, -0.1) is 0 Å². The molecule has 4 nitrogen and oxygen atoms in total. The van der Waals surface area contributed by atoms with Gasteiger partial charge in [0.25, 0.3) is 0 Å². The Morgan fingerprint density at radius 2 is 1.94 bits per heavy atom. The van der Waals surface area contributed by atoms with Crippen molar-refractivity contribution in [1.29, 1.82) is 0 Å². The van der Waals surface area contributed by atoms with E-state index in [1.165, 1.54) is 7.11 Å². The number of aliphatic carboxylic acids is 1. The van der Waals surface area contributed by atoms with Crippen LogP contribution in [0.25, 0.3) is 6.08 Å². The number of carboxylic acids is 1. The van der Waals surface area contributed by atoms with E-state index in [-0.39, 0.29) is 12.4 Å². The molecule has 0 atom stereocenters. The number of ether oxygens (including phenoxy) is 1. The second-order valence-corrected chi connectivity index (χ2v) is 3.11. The lowest BCUT2D eigenvalue weighted by atomic mass is 10.1. The maximum Gasteiger partial charge on any atom is 0.337 e. The number of hydrogen-bond acceptors (Lipinski definition) is 3. The van der Waals surface area contributed by atoms with Gasteiger partial charge in [0.1, 0.15) is 0 Å². The van der Waals surface area contributed by atoms with Gasteiger partial charge in [-0.25, -0.2) is 4.79 Å². The summed E-state index contributed by atoms with van der Waals surface area (Å²) in [5.41, 5.74) is 1.31. The molecule has 4 heteroatoms. The SMILES string of the molecule is COC(=O)c1ccc(/C=C/CC(=O)O)cc1. The van der Waals surface area contributed by atoms with Crippen LogP contribution in [-0.2, 0) is 9.53 Å². The summed E-state index contributed by atoms with van der Waals surface area (Å²) < 4.78 is 4.55. The van der Waals surface area contributed by atoms with Crippen LogP contribution in [0.1, 0.15) is 22.3 Å². The third-order valence-corrected chi connectivity index (χ3v) is 1.93. The third-order valence-electron chi connectivity index (χ3n) is 1.93. The Kier molecular flexibility index (Phi) is 4.27. The zero-order chi connectivity index (χ0) is 12.0. The summed E-state index contributed by atoms with van der Waals surface area (Å²) in [6.45, 7) is 0. The normalized spacial score (nSPS) is 10.3. The third kappa shape index (κ3) is 3.57. The number of methoxy groups -OCH3 is 1. The Hall–Kier alpha value is -2.10. The lowest BCUT2D eigenvalue weighted by molar-refractivity contribution is -0.135. The first-order chi connectivity index (χ1) is 7.63. The molecule has 1 N–H and O–H groups in total. The number of hydrogen-bond donors (Lipinski definition) is 1. The summed E-state index contributed by atoms with van der Waals surface area (Å²) in [6.07, 6.45) is 3.23. The van der Waals surface area contributed by atoms with Gasteiger partial charge in [-0.2, -0.15) is 0 Å². The summed E-state index contributed by atoms with van der Waals surface area (Å²) in [5.74, 6) is -1.26. The van der Waals surface area contributed by atoms with Crippen LogP contribution in [0.15, 0.2) is 30.3 Å². The first-order valence-corrected chi connectivity index (χ1v) is 4.70. The van der Waals surface area contributed by atoms with Crippen LogP contribution >= 0.6 is 0 Å². The van der Waals surface area contributed by atoms with Crippen molar-refractivity contribution in [2.45, 2.75) is 6.42 Å². The number of carboxylic acid groups (broad SMARTS) is 1. The molecule has 0 fully saturated rings. The molecule has 0 aliphatic carbocycles. The molecule has 0 aliphatic rings. The highest BCUT2D eigenvalue weighted by Gasteiger charge is 2.02. The first kappa shape index (κ1) is 12.0. The van der Waals surface area contributed by atoms with Crippen molar-refractivity contribution in [2.24, 2.45) is 0 Å². The molecule has 0 spiro atoms. The van der Waals surface area contributed by atoms with Gasteiger partial charge < -0.3 is 9.84 Å². The average Bonchev–Trinajstić information content (AvgIpc) is 2.28. The number of rotatable bonds is 4. The summed E-state index contributed by atoms with van der Waals surface area (Å²) in [4.78, 5) is 21.4. The molecular formula is C12H12O4. The Bertz CT molecular complexity index is 404. The summed E-state index contributed by atoms with van der Waals surface area (Å²) in [5, 5.41) is 8.43. The maximum atomic E-state index is 11.1. The van der Waals surface area contributed by atoms with Crippen molar-refractivity contribution >= 4 is 18.0 Å². The first-order valence-electron chi connectivity index (χ1n) is 4.70. The minimum Gasteiger partial charge on any atom is -0.481 e. The number of benzene rings is 1. The summed E-state index contributed by atoms with van der Waals surface area (Å²) >= 11 is 0. The number of carbonyl (C=O) groups excluding carboxylic acids is 1. The fraction of sp³-hybridized carbons (Fsp3) is 0.167. The molecule has 16 heavy (non-hydrogen) atoms. The van der Waals surface area contributed by atoms with Gasteiger partial charge in [-0.1, -0.05) is 24.3 Å². The molecule has 0 heterocycles. The highest BCUT2D eigenvalue weighted by Crippen LogP contribution is 2.07. The molecule has 0 aliphatic heterocycles. The standard InChI is InChI=1S/C12H12O4/c1-16-12(15)10-7-5-9(6-8-10)3-2-4-11(13)14/h2-3,5-8H,4H2,1H3,(H,13,14)/b3-2+. The lowest BCUT2D eigenvalue weighted by Gasteiger charge is -1.99. The van der Waals surface area contributed by atoms with Crippen molar-refractivity contribution in [2.75, 3.05) is 7.11 Å². The van der Waals surface area contributed by atoms with Gasteiger partial charge in [0, 0.05) is 0 Å². The van der Waals surface area contributed by atoms with Gasteiger partial charge in [0.15, 0.2) is 0 Å². The Morgan fingerprint density at radius 1 is 1.31 bits per heavy atom. The van der Waals surface area contributed by atoms with Gasteiger partial charge in [-0.05, 0) is 17.7 Å². The molecule has 0 saturated heterocycles. The van der Waals surface area contributed by atoms with Crippen molar-refractivity contribution in [1.82, 2.24) is 0 Å². The van der Waals surface area contributed by atoms with E-state index in [1.807, 2.05) is 0 Å². The molecule has 1 aromatic carbocycles. The molecule has 1 rings (SSSR count). The van der Waals surface area contributed by atoms with Gasteiger partial charge in [-0.3, -0.25) is 4.79 Å². The lowest BCUT2D eigenvalue weighted by Crippen LogP contribution is -2.00. The molecule has 0 unspecified atom stereocenters. The number of carbonyl (C=O) groups is 2. The fourth-order valence-electron chi connectivity index (χ4n) is 1.14. The van der Waals surface area contributed by atoms with Crippen LogP contribution in [0, 0.1) is 0 Å². The van der Waals surface area contributed by atoms with E-state index in [2.05, 4.69) is 4.74 Å². The van der Waals surface area contributed by atoms with Crippen LogP contribution in [0.2, 0.25) is 0 Å². The van der Waals surface area contributed by atoms with Crippen molar-refractivity contribution in [3.8, 4) is 0 Å². The maximum absolute atomic E-state index is 11.1. The second kappa shape index (κ2) is 5.70. The topological polar surface area (TPSA) is 63.6 Å². The van der Waals surface area contributed by atoms with Gasteiger partial charge in [0.2, 0.25) is 0 Å². The van der Waals surface area contributed by atoms with Crippen LogP contribution in [0.4, 0.5) is 0 Å². The van der Waals surface area contributed by atoms with E-state index >= 15 is 0 Å². The smallest absolute Gasteiger partial charge is 0.337 e. The molecular weight excluding hydrogens is 208 g/mol. The minimum atomic E-state index is -0.873. The molecule has 0 radical (unpaired) electrons. The van der Waals surface area contributed by atoms with E-state index in [1.54, 1.807) is 36.4 Å². The molecule has 0 bridgehead atoms. The Labute approximate surface area is 93.2 Å². The highest BCUT2D eigenvalue weighted by molar-refractivity contribution is 5.89. The van der Waals surface area contributed by atoms with Crippen LogP contribution in [-0.4, -0.2) is 24.2 Å². The van der Waals surface area contributed by atoms with E-state index in [0.29, 0.717) is 5.56 Å². The van der Waals surface area contributed by atoms with E-state index in [0.717, 1.165) is 5.56 Å². The van der Waals surface area contributed by atoms with Gasteiger partial charge in [0.05, 0.1) is 19.1 Å². The quantitative estimate of drug-likeness (QED) is 0.788. The summed E-state index contributed by atoms with van der Waals surface area (Å²) in [7, 11) is 1.32. The Morgan fingerprint density at radius 3 is 2.44 bits per heavy atom. The Balaban J connectivity index is 2.68. The second-order valence-electron chi connectivity index (χ2n) is 3.11.